The molecule has 4 atom stereocenters. The second kappa shape index (κ2) is 9.62. The summed E-state index contributed by atoms with van der Waals surface area (Å²) in [5.74, 6) is -7.03. The van der Waals surface area contributed by atoms with Crippen molar-refractivity contribution in [3.8, 4) is 6.07 Å². The summed E-state index contributed by atoms with van der Waals surface area (Å²) >= 11 is 0. The Morgan fingerprint density at radius 3 is 2.23 bits per heavy atom. The zero-order valence-corrected chi connectivity index (χ0v) is 21.5. The highest BCUT2D eigenvalue weighted by atomic mass is 32.5. The number of hydrogen-bond acceptors (Lipinski definition) is 5. The number of nitrogens with one attached hydrogen (secondary N) is 1. The van der Waals surface area contributed by atoms with Crippen LogP contribution in [0.5, 0.6) is 0 Å². The fraction of sp³-hybridized carbons (Fsp3) is 0.440. The minimum atomic E-state index is -10.1. The maximum atomic E-state index is 13.7. The van der Waals surface area contributed by atoms with Gasteiger partial charge in [0.2, 0.25) is 17.7 Å². The number of amides is 2. The third kappa shape index (κ3) is 6.33. The highest BCUT2D eigenvalue weighted by molar-refractivity contribution is 8.45. The Bertz CT molecular complexity index is 1310. The molecule has 7 nitrogen and oxygen atoms in total. The van der Waals surface area contributed by atoms with Gasteiger partial charge in [-0.1, -0.05) is 25.5 Å². The number of aliphatic hydroxyl groups is 1. The van der Waals surface area contributed by atoms with Gasteiger partial charge in [-0.15, -0.1) is 0 Å². The minimum absolute atomic E-state index is 0.0730. The van der Waals surface area contributed by atoms with Crippen molar-refractivity contribution < 1.29 is 42.9 Å². The summed E-state index contributed by atoms with van der Waals surface area (Å²) in [6.07, 6.45) is 0.0926. The first kappa shape index (κ1) is 29.6. The highest BCUT2D eigenvalue weighted by Gasteiger charge is 2.65. The van der Waals surface area contributed by atoms with Crippen molar-refractivity contribution >= 4 is 27.7 Å². The molecule has 2 N–H and O–H groups in total. The molecule has 0 radical (unpaired) electrons. The Balaban J connectivity index is 1.77. The van der Waals surface area contributed by atoms with Crippen molar-refractivity contribution in [2.24, 2.45) is 11.8 Å². The molecule has 15 heteroatoms. The number of aromatic nitrogens is 1. The minimum Gasteiger partial charge on any atom is -0.392 e. The molecule has 0 bridgehead atoms. The molecule has 4 rings (SSSR count). The predicted molar refractivity (Wildman–Crippen MR) is 131 cm³/mol. The van der Waals surface area contributed by atoms with Crippen molar-refractivity contribution in [1.82, 2.24) is 10.3 Å². The summed E-state index contributed by atoms with van der Waals surface area (Å²) in [6.45, 7) is 0. The van der Waals surface area contributed by atoms with E-state index in [9.17, 15) is 48.2 Å². The number of benzene rings is 1. The van der Waals surface area contributed by atoms with E-state index in [1.807, 2.05) is 0 Å². The van der Waals surface area contributed by atoms with Crippen LogP contribution in [0.15, 0.2) is 53.7 Å². The maximum absolute atomic E-state index is 13.7. The number of pyridine rings is 1. The number of rotatable bonds is 7. The van der Waals surface area contributed by atoms with E-state index in [1.165, 1.54) is 24.5 Å². The van der Waals surface area contributed by atoms with Crippen LogP contribution >= 0.6 is 10.2 Å². The predicted octanol–water partition coefficient (Wildman–Crippen LogP) is 6.03. The summed E-state index contributed by atoms with van der Waals surface area (Å²) in [7, 11) is -10.1. The monoisotopic (exact) mass is 594 g/mol. The first-order valence-corrected chi connectivity index (χ1v) is 14.2. The van der Waals surface area contributed by atoms with Crippen molar-refractivity contribution in [2.75, 3.05) is 4.90 Å². The molecule has 1 heterocycles. The van der Waals surface area contributed by atoms with Crippen LogP contribution in [0.3, 0.4) is 0 Å². The van der Waals surface area contributed by atoms with E-state index in [-0.39, 0.29) is 42.6 Å². The van der Waals surface area contributed by atoms with E-state index in [0.717, 1.165) is 4.90 Å². The van der Waals surface area contributed by atoms with Gasteiger partial charge in [0.05, 0.1) is 24.0 Å². The summed E-state index contributed by atoms with van der Waals surface area (Å²) < 4.78 is 94.1. The van der Waals surface area contributed by atoms with Gasteiger partial charge in [0.25, 0.3) is 0 Å². The lowest BCUT2D eigenvalue weighted by atomic mass is 9.71. The molecular weight excluding hydrogens is 569 g/mol. The van der Waals surface area contributed by atoms with Gasteiger partial charge >= 0.3 is 10.2 Å². The van der Waals surface area contributed by atoms with E-state index >= 15 is 0 Å². The molecule has 2 aliphatic rings. The molecule has 218 valence electrons. The van der Waals surface area contributed by atoms with Gasteiger partial charge in [0.1, 0.15) is 10.9 Å². The van der Waals surface area contributed by atoms with Gasteiger partial charge in [0, 0.05) is 42.5 Å². The van der Waals surface area contributed by atoms with Crippen molar-refractivity contribution in [2.45, 2.75) is 61.1 Å². The second-order valence-electron chi connectivity index (χ2n) is 10.1. The molecule has 2 fully saturated rings. The average molecular weight is 595 g/mol. The van der Waals surface area contributed by atoms with Crippen LogP contribution in [0.4, 0.5) is 33.9 Å². The molecule has 0 saturated heterocycles. The molecule has 0 spiro atoms. The van der Waals surface area contributed by atoms with E-state index in [1.54, 1.807) is 6.07 Å². The SMILES string of the molecule is N#CC1C(O)CC1C(=O)N(c1ccc(S(F)(F)(F)(F)F)cc1)C(C(=O)NC1CCC(F)(F)CC1)c1cccnc1. The normalized spacial score (nSPS) is 25.3. The molecule has 0 aliphatic heterocycles. The molecule has 1 aromatic carbocycles. The fourth-order valence-electron chi connectivity index (χ4n) is 4.92. The molecular formula is C25H25F7N4O3S. The number of carbonyl (C=O) groups is 2. The Morgan fingerprint density at radius 1 is 1.10 bits per heavy atom. The standard InChI is InChI=1S/C25H25F7N4O3S/c26-25(27)9-7-16(8-10-25)35-23(38)22(15-2-1-11-34-14-15)36(24(39)19-12-21(37)20(19)13-33)17-3-5-18(6-4-17)40(28,29,30,31)32/h1-6,11,14,16,19-22,37H,7-10,12H2,(H,35,38). The molecule has 4 unspecified atom stereocenters. The van der Waals surface area contributed by atoms with E-state index in [2.05, 4.69) is 10.3 Å². The highest BCUT2D eigenvalue weighted by Crippen LogP contribution is 3.02. The van der Waals surface area contributed by atoms with E-state index < -0.39 is 75.7 Å². The largest absolute Gasteiger partial charge is 0.392 e. The lowest BCUT2D eigenvalue weighted by Crippen LogP contribution is -2.54. The Labute approximate surface area is 224 Å². The molecule has 2 aliphatic carbocycles. The number of nitrogens with zero attached hydrogens (tertiary/aromatic N) is 3. The zero-order chi connectivity index (χ0) is 29.6. The Hall–Kier alpha value is -3.38. The van der Waals surface area contributed by atoms with Crippen LogP contribution in [0.25, 0.3) is 0 Å². The van der Waals surface area contributed by atoms with Gasteiger partial charge in [0.15, 0.2) is 0 Å². The van der Waals surface area contributed by atoms with Crippen LogP contribution in [0.1, 0.15) is 43.7 Å². The molecule has 2 aromatic rings. The third-order valence-electron chi connectivity index (χ3n) is 7.18. The van der Waals surface area contributed by atoms with Gasteiger partial charge < -0.3 is 10.4 Å². The molecule has 2 amide bonds. The number of alkyl halides is 2. The van der Waals surface area contributed by atoms with Crippen molar-refractivity contribution in [3.05, 3.63) is 54.4 Å². The van der Waals surface area contributed by atoms with Crippen molar-refractivity contribution in [1.29, 1.82) is 5.26 Å². The molecule has 40 heavy (non-hydrogen) atoms. The van der Waals surface area contributed by atoms with Crippen LogP contribution in [-0.2, 0) is 9.59 Å². The van der Waals surface area contributed by atoms with Gasteiger partial charge in [-0.2, -0.15) is 5.26 Å². The molecule has 1 aromatic heterocycles. The lowest BCUT2D eigenvalue weighted by molar-refractivity contribution is -0.135. The Morgan fingerprint density at radius 2 is 1.73 bits per heavy atom. The third-order valence-corrected chi connectivity index (χ3v) is 8.34. The number of hydrogen-bond donors (Lipinski definition) is 2. The number of carbonyl (C=O) groups excluding carboxylic acids is 2. The fourth-order valence-corrected chi connectivity index (χ4v) is 5.57. The van der Waals surface area contributed by atoms with Crippen molar-refractivity contribution in [3.63, 3.8) is 0 Å². The van der Waals surface area contributed by atoms with Gasteiger partial charge in [-0.3, -0.25) is 19.5 Å². The number of anilines is 1. The quantitative estimate of drug-likeness (QED) is 0.381. The first-order chi connectivity index (χ1) is 18.4. The molecule has 2 saturated carbocycles. The van der Waals surface area contributed by atoms with Crippen LogP contribution in [-0.4, -0.2) is 40.0 Å². The van der Waals surface area contributed by atoms with Crippen LogP contribution < -0.4 is 10.2 Å². The first-order valence-electron chi connectivity index (χ1n) is 12.2. The lowest BCUT2D eigenvalue weighted by Gasteiger charge is -2.42. The van der Waals surface area contributed by atoms with E-state index in [0.29, 0.717) is 12.1 Å². The van der Waals surface area contributed by atoms with Gasteiger partial charge in [-0.25, -0.2) is 8.78 Å². The van der Waals surface area contributed by atoms with Crippen LogP contribution in [0, 0.1) is 23.2 Å². The Kier molecular flexibility index (Phi) is 7.12. The van der Waals surface area contributed by atoms with Gasteiger partial charge in [-0.05, 0) is 49.6 Å². The zero-order valence-electron chi connectivity index (χ0n) is 20.7. The maximum Gasteiger partial charge on any atom is 0.310 e. The summed E-state index contributed by atoms with van der Waals surface area (Å²) in [5.41, 5.74) is -0.285. The average Bonchev–Trinajstić information content (AvgIpc) is 2.86. The second-order valence-corrected chi connectivity index (χ2v) is 12.5. The summed E-state index contributed by atoms with van der Waals surface area (Å²) in [6, 6.07) is 3.69. The summed E-state index contributed by atoms with van der Waals surface area (Å²) in [4.78, 5) is 29.9. The number of aliphatic hydroxyl groups excluding tert-OH is 1. The number of nitriles is 1. The van der Waals surface area contributed by atoms with Crippen LogP contribution in [0.2, 0.25) is 0 Å². The summed E-state index contributed by atoms with van der Waals surface area (Å²) in [5, 5.41) is 22.0. The smallest absolute Gasteiger partial charge is 0.310 e. The number of halogens is 7. The topological polar surface area (TPSA) is 106 Å². The van der Waals surface area contributed by atoms with E-state index in [4.69, 9.17) is 0 Å².